The summed E-state index contributed by atoms with van der Waals surface area (Å²) in [5.41, 5.74) is 6.96. The zero-order chi connectivity index (χ0) is 13.8. The third-order valence-electron chi connectivity index (χ3n) is 3.61. The van der Waals surface area contributed by atoms with E-state index in [2.05, 4.69) is 4.98 Å². The summed E-state index contributed by atoms with van der Waals surface area (Å²) in [5.74, 6) is 0.103. The van der Waals surface area contributed by atoms with Gasteiger partial charge in [-0.1, -0.05) is 6.92 Å². The van der Waals surface area contributed by atoms with E-state index in [0.717, 1.165) is 12.1 Å². The summed E-state index contributed by atoms with van der Waals surface area (Å²) in [6, 6.07) is -0.351. The summed E-state index contributed by atoms with van der Waals surface area (Å²) >= 11 is 0. The van der Waals surface area contributed by atoms with Crippen LogP contribution in [0.25, 0.3) is 0 Å². The molecule has 1 saturated heterocycles. The SMILES string of the molecule is CC[C@@H](N)c1cncn1C(C)C(=O)N1CCOCC1. The maximum absolute atomic E-state index is 12.4. The maximum atomic E-state index is 12.4. The number of nitrogens with two attached hydrogens (primary N) is 1. The molecule has 1 aromatic heterocycles. The van der Waals surface area contributed by atoms with E-state index in [1.54, 1.807) is 12.5 Å². The Kier molecular flexibility index (Phi) is 4.55. The molecule has 2 atom stereocenters. The minimum Gasteiger partial charge on any atom is -0.378 e. The average Bonchev–Trinajstić information content (AvgIpc) is 2.95. The van der Waals surface area contributed by atoms with Crippen LogP contribution in [-0.2, 0) is 9.53 Å². The molecule has 1 unspecified atom stereocenters. The van der Waals surface area contributed by atoms with Crippen molar-refractivity contribution in [2.75, 3.05) is 26.3 Å². The van der Waals surface area contributed by atoms with E-state index < -0.39 is 0 Å². The summed E-state index contributed by atoms with van der Waals surface area (Å²) in [4.78, 5) is 18.4. The van der Waals surface area contributed by atoms with E-state index in [0.29, 0.717) is 26.3 Å². The molecule has 1 amide bonds. The first-order valence-corrected chi connectivity index (χ1v) is 6.79. The molecule has 0 spiro atoms. The van der Waals surface area contributed by atoms with Crippen LogP contribution in [0.15, 0.2) is 12.5 Å². The third-order valence-corrected chi connectivity index (χ3v) is 3.61. The van der Waals surface area contributed by atoms with Crippen molar-refractivity contribution in [2.24, 2.45) is 5.73 Å². The number of ether oxygens (including phenoxy) is 1. The molecule has 1 aromatic rings. The van der Waals surface area contributed by atoms with Gasteiger partial charge in [0.2, 0.25) is 5.91 Å². The number of hydrogen-bond acceptors (Lipinski definition) is 4. The molecule has 19 heavy (non-hydrogen) atoms. The van der Waals surface area contributed by atoms with Crippen molar-refractivity contribution < 1.29 is 9.53 Å². The lowest BCUT2D eigenvalue weighted by Gasteiger charge is -2.30. The van der Waals surface area contributed by atoms with Gasteiger partial charge >= 0.3 is 0 Å². The fraction of sp³-hybridized carbons (Fsp3) is 0.692. The lowest BCUT2D eigenvalue weighted by Crippen LogP contribution is -2.43. The summed E-state index contributed by atoms with van der Waals surface area (Å²) in [6.45, 7) is 6.47. The average molecular weight is 266 g/mol. The number of hydrogen-bond donors (Lipinski definition) is 1. The lowest BCUT2D eigenvalue weighted by atomic mass is 10.1. The van der Waals surface area contributed by atoms with Crippen LogP contribution in [-0.4, -0.2) is 46.7 Å². The number of carbonyl (C=O) groups excluding carboxylic acids is 1. The molecule has 0 radical (unpaired) electrons. The van der Waals surface area contributed by atoms with Crippen LogP contribution in [0.2, 0.25) is 0 Å². The first kappa shape index (κ1) is 14.0. The van der Waals surface area contributed by atoms with Gasteiger partial charge in [-0.15, -0.1) is 0 Å². The molecule has 6 nitrogen and oxygen atoms in total. The van der Waals surface area contributed by atoms with Crippen molar-refractivity contribution in [1.82, 2.24) is 14.5 Å². The van der Waals surface area contributed by atoms with Gasteiger partial charge in [-0.25, -0.2) is 4.98 Å². The maximum Gasteiger partial charge on any atom is 0.245 e. The van der Waals surface area contributed by atoms with Crippen molar-refractivity contribution in [2.45, 2.75) is 32.4 Å². The van der Waals surface area contributed by atoms with Crippen LogP contribution < -0.4 is 5.73 Å². The molecule has 2 rings (SSSR count). The van der Waals surface area contributed by atoms with E-state index in [4.69, 9.17) is 10.5 Å². The van der Waals surface area contributed by atoms with Crippen molar-refractivity contribution in [1.29, 1.82) is 0 Å². The lowest BCUT2D eigenvalue weighted by molar-refractivity contribution is -0.138. The zero-order valence-electron chi connectivity index (χ0n) is 11.6. The van der Waals surface area contributed by atoms with E-state index >= 15 is 0 Å². The topological polar surface area (TPSA) is 73.4 Å². The highest BCUT2D eigenvalue weighted by atomic mass is 16.5. The van der Waals surface area contributed by atoms with Gasteiger partial charge in [0, 0.05) is 25.3 Å². The predicted octanol–water partition coefficient (Wildman–Crippen LogP) is 0.713. The number of carbonyl (C=O) groups is 1. The second-order valence-electron chi connectivity index (χ2n) is 4.85. The van der Waals surface area contributed by atoms with Crippen LogP contribution in [0, 0.1) is 0 Å². The molecule has 0 aliphatic carbocycles. The zero-order valence-corrected chi connectivity index (χ0v) is 11.6. The van der Waals surface area contributed by atoms with Gasteiger partial charge in [-0.2, -0.15) is 0 Å². The Hall–Kier alpha value is -1.40. The summed E-state index contributed by atoms with van der Waals surface area (Å²) in [5, 5.41) is 0. The molecule has 0 saturated carbocycles. The molecule has 1 aliphatic rings. The number of imidazole rings is 1. The molecule has 6 heteroatoms. The van der Waals surface area contributed by atoms with Gasteiger partial charge in [0.05, 0.1) is 25.2 Å². The predicted molar refractivity (Wildman–Crippen MR) is 71.6 cm³/mol. The normalized spacial score (nSPS) is 19.2. The number of aromatic nitrogens is 2. The monoisotopic (exact) mass is 266 g/mol. The molecule has 106 valence electrons. The number of amides is 1. The Balaban J connectivity index is 2.12. The van der Waals surface area contributed by atoms with Crippen LogP contribution in [0.5, 0.6) is 0 Å². The molecular formula is C13H22N4O2. The summed E-state index contributed by atoms with van der Waals surface area (Å²) in [6.07, 6.45) is 4.26. The Labute approximate surface area is 113 Å². The Morgan fingerprint density at radius 3 is 2.84 bits per heavy atom. The third kappa shape index (κ3) is 2.96. The van der Waals surface area contributed by atoms with E-state index in [1.807, 2.05) is 23.3 Å². The summed E-state index contributed by atoms with van der Waals surface area (Å²) < 4.78 is 7.15. The van der Waals surface area contributed by atoms with Crippen molar-refractivity contribution in [3.63, 3.8) is 0 Å². The fourth-order valence-electron chi connectivity index (χ4n) is 2.30. The second kappa shape index (κ2) is 6.16. The molecular weight excluding hydrogens is 244 g/mol. The van der Waals surface area contributed by atoms with Gasteiger partial charge < -0.3 is 19.9 Å². The van der Waals surface area contributed by atoms with Gasteiger partial charge in [-0.05, 0) is 13.3 Å². The molecule has 2 N–H and O–H groups in total. The van der Waals surface area contributed by atoms with Crippen LogP contribution in [0.3, 0.4) is 0 Å². The van der Waals surface area contributed by atoms with Gasteiger partial charge in [0.15, 0.2) is 0 Å². The summed E-state index contributed by atoms with van der Waals surface area (Å²) in [7, 11) is 0. The quantitative estimate of drug-likeness (QED) is 0.871. The number of rotatable bonds is 4. The molecule has 0 aromatic carbocycles. The molecule has 1 fully saturated rings. The van der Waals surface area contributed by atoms with Crippen molar-refractivity contribution in [3.05, 3.63) is 18.2 Å². The van der Waals surface area contributed by atoms with Gasteiger partial charge in [0.1, 0.15) is 6.04 Å². The second-order valence-corrected chi connectivity index (χ2v) is 4.85. The minimum atomic E-state index is -0.270. The molecule has 2 heterocycles. The van der Waals surface area contributed by atoms with Crippen molar-refractivity contribution >= 4 is 5.91 Å². The fourth-order valence-corrected chi connectivity index (χ4v) is 2.30. The van der Waals surface area contributed by atoms with Crippen LogP contribution in [0.1, 0.15) is 38.0 Å². The number of morpholine rings is 1. The first-order chi connectivity index (χ1) is 9.15. The standard InChI is InChI=1S/C13H22N4O2/c1-3-11(14)12-8-15-9-17(12)10(2)13(18)16-4-6-19-7-5-16/h8-11H,3-7,14H2,1-2H3/t10?,11-/m1/s1. The van der Waals surface area contributed by atoms with E-state index in [9.17, 15) is 4.79 Å². The Bertz CT molecular complexity index is 426. The Morgan fingerprint density at radius 2 is 2.21 bits per heavy atom. The smallest absolute Gasteiger partial charge is 0.245 e. The highest BCUT2D eigenvalue weighted by Crippen LogP contribution is 2.19. The first-order valence-electron chi connectivity index (χ1n) is 6.79. The highest BCUT2D eigenvalue weighted by Gasteiger charge is 2.25. The van der Waals surface area contributed by atoms with Crippen LogP contribution in [0.4, 0.5) is 0 Å². The van der Waals surface area contributed by atoms with E-state index in [1.165, 1.54) is 0 Å². The largest absolute Gasteiger partial charge is 0.378 e. The van der Waals surface area contributed by atoms with Gasteiger partial charge in [-0.3, -0.25) is 4.79 Å². The Morgan fingerprint density at radius 1 is 1.53 bits per heavy atom. The highest BCUT2D eigenvalue weighted by molar-refractivity contribution is 5.80. The van der Waals surface area contributed by atoms with Crippen molar-refractivity contribution in [3.8, 4) is 0 Å². The minimum absolute atomic E-state index is 0.0811. The molecule has 0 bridgehead atoms. The van der Waals surface area contributed by atoms with Gasteiger partial charge in [0.25, 0.3) is 0 Å². The molecule has 1 aliphatic heterocycles. The van der Waals surface area contributed by atoms with Crippen LogP contribution >= 0.6 is 0 Å². The van der Waals surface area contributed by atoms with E-state index in [-0.39, 0.29) is 18.0 Å². The number of nitrogens with zero attached hydrogens (tertiary/aromatic N) is 3.